The third kappa shape index (κ3) is 4.11. The Balaban J connectivity index is 2.96. The van der Waals surface area contributed by atoms with E-state index in [2.05, 4.69) is 11.8 Å². The van der Waals surface area contributed by atoms with Crippen LogP contribution in [0.2, 0.25) is 0 Å². The molecule has 0 aromatic heterocycles. The molecule has 6 heteroatoms. The highest BCUT2D eigenvalue weighted by Gasteiger charge is 2.12. The number of nitrogens with two attached hydrogens (primary N) is 1. The lowest BCUT2D eigenvalue weighted by atomic mass is 10.1. The number of alkyl halides is 2. The van der Waals surface area contributed by atoms with Crippen molar-refractivity contribution >= 4 is 5.91 Å². The summed E-state index contributed by atoms with van der Waals surface area (Å²) in [7, 11) is 0. The fourth-order valence-electron chi connectivity index (χ4n) is 1.23. The van der Waals surface area contributed by atoms with Gasteiger partial charge in [0.15, 0.2) is 0 Å². The van der Waals surface area contributed by atoms with E-state index in [9.17, 15) is 18.0 Å². The van der Waals surface area contributed by atoms with E-state index in [1.165, 1.54) is 6.07 Å². The number of amides is 1. The highest BCUT2D eigenvalue weighted by atomic mass is 19.3. The van der Waals surface area contributed by atoms with Crippen LogP contribution >= 0.6 is 0 Å². The van der Waals surface area contributed by atoms with Crippen molar-refractivity contribution < 1.29 is 18.0 Å². The Labute approximate surface area is 102 Å². The van der Waals surface area contributed by atoms with Gasteiger partial charge >= 0.3 is 0 Å². The van der Waals surface area contributed by atoms with Crippen molar-refractivity contribution in [3.8, 4) is 11.8 Å². The maximum Gasteiger partial charge on any atom is 0.255 e. The summed E-state index contributed by atoms with van der Waals surface area (Å²) in [5, 5.41) is 2.02. The van der Waals surface area contributed by atoms with Gasteiger partial charge < -0.3 is 11.1 Å². The van der Waals surface area contributed by atoms with Gasteiger partial charge in [-0.05, 0) is 18.2 Å². The van der Waals surface area contributed by atoms with Crippen LogP contribution in [-0.2, 0) is 0 Å². The molecule has 18 heavy (non-hydrogen) atoms. The normalized spacial score (nSPS) is 9.83. The topological polar surface area (TPSA) is 55.1 Å². The number of carbonyl (C=O) groups is 1. The van der Waals surface area contributed by atoms with Crippen LogP contribution in [0.1, 0.15) is 15.9 Å². The minimum atomic E-state index is -2.65. The first kappa shape index (κ1) is 14.1. The summed E-state index contributed by atoms with van der Waals surface area (Å²) in [6, 6.07) is 3.31. The summed E-state index contributed by atoms with van der Waals surface area (Å²) < 4.78 is 36.9. The molecule has 0 fully saturated rings. The Morgan fingerprint density at radius 1 is 1.44 bits per heavy atom. The first-order valence-electron chi connectivity index (χ1n) is 5.09. The van der Waals surface area contributed by atoms with Gasteiger partial charge in [-0.25, -0.2) is 13.2 Å². The average molecular weight is 256 g/mol. The van der Waals surface area contributed by atoms with Gasteiger partial charge in [0.05, 0.1) is 18.7 Å². The number of carbonyl (C=O) groups excluding carboxylic acids is 1. The van der Waals surface area contributed by atoms with Gasteiger partial charge in [0.1, 0.15) is 5.82 Å². The molecule has 0 saturated carbocycles. The maximum atomic E-state index is 13.0. The molecule has 0 radical (unpaired) electrons. The summed E-state index contributed by atoms with van der Waals surface area (Å²) in [4.78, 5) is 11.6. The fraction of sp³-hybridized carbons (Fsp3) is 0.250. The van der Waals surface area contributed by atoms with E-state index in [1.54, 1.807) is 0 Å². The summed E-state index contributed by atoms with van der Waals surface area (Å²) in [5.74, 6) is 3.70. The molecular formula is C12H11F3N2O. The number of rotatable bonds is 3. The van der Waals surface area contributed by atoms with Crippen molar-refractivity contribution in [2.24, 2.45) is 5.73 Å². The monoisotopic (exact) mass is 256 g/mol. The maximum absolute atomic E-state index is 13.0. The Morgan fingerprint density at radius 2 is 2.17 bits per heavy atom. The SMILES string of the molecule is NCC#Cc1cc(F)ccc1C(=O)NCC(F)F. The Hall–Kier alpha value is -2.00. The zero-order valence-electron chi connectivity index (χ0n) is 9.34. The van der Waals surface area contributed by atoms with Gasteiger partial charge in [-0.1, -0.05) is 11.8 Å². The average Bonchev–Trinajstić information content (AvgIpc) is 2.33. The zero-order chi connectivity index (χ0) is 13.5. The molecule has 1 amide bonds. The molecule has 0 unspecified atom stereocenters. The molecule has 1 rings (SSSR count). The van der Waals surface area contributed by atoms with Crippen LogP contribution in [0, 0.1) is 17.7 Å². The first-order chi connectivity index (χ1) is 8.54. The molecule has 3 nitrogen and oxygen atoms in total. The van der Waals surface area contributed by atoms with Gasteiger partial charge in [-0.15, -0.1) is 0 Å². The first-order valence-corrected chi connectivity index (χ1v) is 5.09. The fourth-order valence-corrected chi connectivity index (χ4v) is 1.23. The van der Waals surface area contributed by atoms with Crippen LogP contribution in [0.5, 0.6) is 0 Å². The van der Waals surface area contributed by atoms with Crippen molar-refractivity contribution in [2.45, 2.75) is 6.43 Å². The van der Waals surface area contributed by atoms with Crippen molar-refractivity contribution in [1.29, 1.82) is 0 Å². The molecule has 0 atom stereocenters. The van der Waals surface area contributed by atoms with Crippen molar-refractivity contribution in [2.75, 3.05) is 13.1 Å². The van der Waals surface area contributed by atoms with Crippen LogP contribution in [0.4, 0.5) is 13.2 Å². The second-order valence-electron chi connectivity index (χ2n) is 3.30. The largest absolute Gasteiger partial charge is 0.346 e. The van der Waals surface area contributed by atoms with E-state index in [4.69, 9.17) is 5.73 Å². The Kier molecular flexibility index (Phi) is 5.21. The molecule has 0 spiro atoms. The third-order valence-electron chi connectivity index (χ3n) is 1.97. The molecule has 0 bridgehead atoms. The van der Waals surface area contributed by atoms with E-state index >= 15 is 0 Å². The lowest BCUT2D eigenvalue weighted by Gasteiger charge is -2.06. The minimum Gasteiger partial charge on any atom is -0.346 e. The Morgan fingerprint density at radius 3 is 2.78 bits per heavy atom. The molecule has 0 aliphatic carbocycles. The summed E-state index contributed by atoms with van der Waals surface area (Å²) >= 11 is 0. The van der Waals surface area contributed by atoms with Crippen molar-refractivity contribution in [3.05, 3.63) is 35.1 Å². The van der Waals surface area contributed by atoms with Crippen LogP contribution in [-0.4, -0.2) is 25.4 Å². The summed E-state index contributed by atoms with van der Waals surface area (Å²) in [6.07, 6.45) is -2.65. The van der Waals surface area contributed by atoms with Crippen molar-refractivity contribution in [3.63, 3.8) is 0 Å². The number of benzene rings is 1. The predicted octanol–water partition coefficient (Wildman–Crippen LogP) is 1.13. The molecule has 1 aromatic carbocycles. The minimum absolute atomic E-state index is 0.0398. The van der Waals surface area contributed by atoms with E-state index in [0.29, 0.717) is 0 Å². The molecule has 0 saturated heterocycles. The summed E-state index contributed by atoms with van der Waals surface area (Å²) in [6.45, 7) is -0.714. The molecule has 0 aliphatic rings. The van der Waals surface area contributed by atoms with Gasteiger partial charge in [0.25, 0.3) is 12.3 Å². The van der Waals surface area contributed by atoms with Crippen molar-refractivity contribution in [1.82, 2.24) is 5.32 Å². The van der Waals surface area contributed by atoms with E-state index < -0.39 is 24.7 Å². The van der Waals surface area contributed by atoms with E-state index in [0.717, 1.165) is 12.1 Å². The summed E-state index contributed by atoms with van der Waals surface area (Å²) in [5.41, 5.74) is 5.33. The van der Waals surface area contributed by atoms with Gasteiger partial charge in [0.2, 0.25) is 0 Å². The molecule has 3 N–H and O–H groups in total. The highest BCUT2D eigenvalue weighted by molar-refractivity contribution is 5.96. The van der Waals surface area contributed by atoms with Gasteiger partial charge in [0, 0.05) is 5.56 Å². The van der Waals surface area contributed by atoms with Crippen LogP contribution < -0.4 is 11.1 Å². The molecule has 96 valence electrons. The number of halogens is 3. The number of nitrogens with one attached hydrogen (secondary N) is 1. The molecule has 0 heterocycles. The van der Waals surface area contributed by atoms with Crippen LogP contribution in [0.25, 0.3) is 0 Å². The molecule has 0 aliphatic heterocycles. The number of hydrogen-bond acceptors (Lipinski definition) is 2. The van der Waals surface area contributed by atoms with E-state index in [1.807, 2.05) is 5.32 Å². The number of hydrogen-bond donors (Lipinski definition) is 2. The highest BCUT2D eigenvalue weighted by Crippen LogP contribution is 2.10. The van der Waals surface area contributed by atoms with Crippen LogP contribution in [0.15, 0.2) is 18.2 Å². The smallest absolute Gasteiger partial charge is 0.255 e. The quantitative estimate of drug-likeness (QED) is 0.796. The van der Waals surface area contributed by atoms with E-state index in [-0.39, 0.29) is 17.7 Å². The third-order valence-corrected chi connectivity index (χ3v) is 1.97. The molecular weight excluding hydrogens is 245 g/mol. The van der Waals surface area contributed by atoms with Gasteiger partial charge in [-0.2, -0.15) is 0 Å². The van der Waals surface area contributed by atoms with Crippen LogP contribution in [0.3, 0.4) is 0 Å². The zero-order valence-corrected chi connectivity index (χ0v) is 9.34. The molecule has 1 aromatic rings. The second-order valence-corrected chi connectivity index (χ2v) is 3.30. The Bertz CT molecular complexity index is 492. The standard InChI is InChI=1S/C12H11F3N2O/c13-9-3-4-10(8(6-9)2-1-5-16)12(18)17-7-11(14)15/h3-4,6,11H,5,7,16H2,(H,17,18). The lowest BCUT2D eigenvalue weighted by Crippen LogP contribution is -2.29. The predicted molar refractivity (Wildman–Crippen MR) is 60.7 cm³/mol. The second kappa shape index (κ2) is 6.67. The van der Waals surface area contributed by atoms with Gasteiger partial charge in [-0.3, -0.25) is 4.79 Å². The lowest BCUT2D eigenvalue weighted by molar-refractivity contribution is 0.0891.